The lowest BCUT2D eigenvalue weighted by molar-refractivity contribution is -0.0782. The molecule has 1 aliphatic rings. The fraction of sp³-hybridized carbons (Fsp3) is 0.455. The van der Waals surface area contributed by atoms with Crippen LogP contribution in [0.5, 0.6) is 5.75 Å². The van der Waals surface area contributed by atoms with Gasteiger partial charge < -0.3 is 15.2 Å². The number of halogens is 2. The van der Waals surface area contributed by atoms with E-state index in [-0.39, 0.29) is 18.2 Å². The second kappa shape index (κ2) is 4.80. The first-order valence-corrected chi connectivity index (χ1v) is 5.77. The predicted molar refractivity (Wildman–Crippen MR) is 64.3 cm³/mol. The molecule has 0 saturated heterocycles. The van der Waals surface area contributed by atoms with Crippen molar-refractivity contribution < 1.29 is 9.47 Å². The lowest BCUT2D eigenvalue weighted by atomic mass is 9.86. The van der Waals surface area contributed by atoms with Gasteiger partial charge in [0.15, 0.2) is 0 Å². The number of methoxy groups -OCH3 is 1. The quantitative estimate of drug-likeness (QED) is 0.910. The van der Waals surface area contributed by atoms with Crippen LogP contribution >= 0.6 is 23.2 Å². The Labute approximate surface area is 104 Å². The van der Waals surface area contributed by atoms with Crippen molar-refractivity contribution in [1.82, 2.24) is 0 Å². The normalized spacial score (nSPS) is 28.6. The van der Waals surface area contributed by atoms with Gasteiger partial charge in [-0.15, -0.1) is 0 Å². The summed E-state index contributed by atoms with van der Waals surface area (Å²) in [6, 6.07) is 5.24. The number of nitrogens with two attached hydrogens (primary N) is 1. The summed E-state index contributed by atoms with van der Waals surface area (Å²) >= 11 is 11.7. The summed E-state index contributed by atoms with van der Waals surface area (Å²) in [7, 11) is 1.63. The zero-order valence-corrected chi connectivity index (χ0v) is 10.3. The number of benzene rings is 1. The minimum Gasteiger partial charge on any atom is -0.488 e. The molecule has 0 spiro atoms. The molecular formula is C11H13Cl2NO2. The Bertz CT molecular complexity index is 386. The van der Waals surface area contributed by atoms with Crippen molar-refractivity contribution >= 4 is 23.2 Å². The maximum Gasteiger partial charge on any atom is 0.128 e. The van der Waals surface area contributed by atoms with Crippen LogP contribution in [0.1, 0.15) is 6.42 Å². The summed E-state index contributed by atoms with van der Waals surface area (Å²) < 4.78 is 10.9. The Morgan fingerprint density at radius 3 is 2.62 bits per heavy atom. The van der Waals surface area contributed by atoms with Gasteiger partial charge in [0.05, 0.1) is 10.0 Å². The first kappa shape index (κ1) is 12.0. The van der Waals surface area contributed by atoms with Gasteiger partial charge in [-0.05, 0) is 12.1 Å². The molecule has 0 amide bonds. The van der Waals surface area contributed by atoms with Gasteiger partial charge in [0.25, 0.3) is 0 Å². The topological polar surface area (TPSA) is 44.5 Å². The minimum absolute atomic E-state index is 0.00255. The maximum atomic E-state index is 5.89. The van der Waals surface area contributed by atoms with Gasteiger partial charge in [-0.2, -0.15) is 0 Å². The Hall–Kier alpha value is -0.480. The van der Waals surface area contributed by atoms with Gasteiger partial charge >= 0.3 is 0 Å². The second-order valence-electron chi connectivity index (χ2n) is 3.83. The van der Waals surface area contributed by atoms with Gasteiger partial charge in [-0.25, -0.2) is 0 Å². The molecule has 1 aliphatic carbocycles. The third-order valence-electron chi connectivity index (χ3n) is 2.74. The fourth-order valence-corrected chi connectivity index (χ4v) is 2.07. The van der Waals surface area contributed by atoms with Crippen LogP contribution in [0, 0.1) is 0 Å². The van der Waals surface area contributed by atoms with E-state index in [1.807, 2.05) is 0 Å². The first-order chi connectivity index (χ1) is 7.61. The largest absolute Gasteiger partial charge is 0.488 e. The summed E-state index contributed by atoms with van der Waals surface area (Å²) in [5.41, 5.74) is 5.78. The van der Waals surface area contributed by atoms with Crippen molar-refractivity contribution in [3.63, 3.8) is 0 Å². The summed E-state index contributed by atoms with van der Waals surface area (Å²) in [6.07, 6.45) is 0.741. The minimum atomic E-state index is -0.0468. The van der Waals surface area contributed by atoms with Crippen molar-refractivity contribution in [2.75, 3.05) is 7.11 Å². The molecule has 88 valence electrons. The van der Waals surface area contributed by atoms with E-state index >= 15 is 0 Å². The van der Waals surface area contributed by atoms with Crippen LogP contribution in [0.2, 0.25) is 10.0 Å². The Morgan fingerprint density at radius 2 is 2.06 bits per heavy atom. The van der Waals surface area contributed by atoms with E-state index in [1.54, 1.807) is 25.3 Å². The molecule has 5 heteroatoms. The van der Waals surface area contributed by atoms with E-state index in [4.69, 9.17) is 38.4 Å². The molecule has 1 aromatic carbocycles. The van der Waals surface area contributed by atoms with Crippen molar-refractivity contribution in [1.29, 1.82) is 0 Å². The number of ether oxygens (including phenoxy) is 2. The summed E-state index contributed by atoms with van der Waals surface area (Å²) in [5, 5.41) is 0.999. The lowest BCUT2D eigenvalue weighted by Crippen LogP contribution is -2.59. The van der Waals surface area contributed by atoms with Gasteiger partial charge in [0.1, 0.15) is 18.0 Å². The van der Waals surface area contributed by atoms with Crippen LogP contribution in [0.25, 0.3) is 0 Å². The first-order valence-electron chi connectivity index (χ1n) is 5.02. The highest BCUT2D eigenvalue weighted by Gasteiger charge is 2.40. The van der Waals surface area contributed by atoms with Crippen molar-refractivity contribution in [3.05, 3.63) is 28.2 Å². The zero-order chi connectivity index (χ0) is 11.7. The number of hydrogen-bond acceptors (Lipinski definition) is 3. The molecule has 0 aromatic heterocycles. The van der Waals surface area contributed by atoms with Crippen LogP contribution in [-0.4, -0.2) is 25.4 Å². The van der Waals surface area contributed by atoms with E-state index in [1.165, 1.54) is 0 Å². The third kappa shape index (κ3) is 2.28. The highest BCUT2D eigenvalue weighted by Crippen LogP contribution is 2.31. The Balaban J connectivity index is 2.02. The molecule has 0 bridgehead atoms. The van der Waals surface area contributed by atoms with E-state index in [0.717, 1.165) is 6.42 Å². The van der Waals surface area contributed by atoms with Crippen LogP contribution in [0.4, 0.5) is 0 Å². The molecule has 3 unspecified atom stereocenters. The molecular weight excluding hydrogens is 249 g/mol. The Morgan fingerprint density at radius 1 is 1.31 bits per heavy atom. The summed E-state index contributed by atoms with van der Waals surface area (Å²) in [6.45, 7) is 0. The van der Waals surface area contributed by atoms with Gasteiger partial charge in [0, 0.05) is 25.6 Å². The third-order valence-corrected chi connectivity index (χ3v) is 3.48. The maximum absolute atomic E-state index is 5.89. The molecule has 1 fully saturated rings. The SMILES string of the molecule is COC1C(N)CC1Oc1ccc(Cl)c(Cl)c1. The van der Waals surface area contributed by atoms with Crippen LogP contribution in [0.3, 0.4) is 0 Å². The molecule has 0 heterocycles. The van der Waals surface area contributed by atoms with Crippen molar-refractivity contribution in [2.24, 2.45) is 5.73 Å². The predicted octanol–water partition coefficient (Wildman–Crippen LogP) is 2.49. The standard InChI is InChI=1S/C11H13Cl2NO2/c1-15-11-9(14)5-10(11)16-6-2-3-7(12)8(13)4-6/h2-4,9-11H,5,14H2,1H3. The molecule has 0 radical (unpaired) electrons. The van der Waals surface area contributed by atoms with E-state index in [9.17, 15) is 0 Å². The van der Waals surface area contributed by atoms with Crippen LogP contribution in [-0.2, 0) is 4.74 Å². The smallest absolute Gasteiger partial charge is 0.128 e. The second-order valence-corrected chi connectivity index (χ2v) is 4.65. The van der Waals surface area contributed by atoms with Crippen LogP contribution in [0.15, 0.2) is 18.2 Å². The molecule has 16 heavy (non-hydrogen) atoms. The van der Waals surface area contributed by atoms with Crippen LogP contribution < -0.4 is 10.5 Å². The molecule has 2 N–H and O–H groups in total. The van der Waals surface area contributed by atoms with Gasteiger partial charge in [0.2, 0.25) is 0 Å². The molecule has 1 aromatic rings. The summed E-state index contributed by atoms with van der Waals surface area (Å²) in [5.74, 6) is 0.688. The fourth-order valence-electron chi connectivity index (χ4n) is 1.78. The highest BCUT2D eigenvalue weighted by atomic mass is 35.5. The van der Waals surface area contributed by atoms with E-state index < -0.39 is 0 Å². The van der Waals surface area contributed by atoms with Gasteiger partial charge in [-0.3, -0.25) is 0 Å². The average molecular weight is 262 g/mol. The van der Waals surface area contributed by atoms with Crippen molar-refractivity contribution in [3.8, 4) is 5.75 Å². The monoisotopic (exact) mass is 261 g/mol. The highest BCUT2D eigenvalue weighted by molar-refractivity contribution is 6.42. The zero-order valence-electron chi connectivity index (χ0n) is 8.82. The molecule has 3 nitrogen and oxygen atoms in total. The number of rotatable bonds is 3. The Kier molecular flexibility index (Phi) is 3.60. The molecule has 3 atom stereocenters. The number of hydrogen-bond donors (Lipinski definition) is 1. The van der Waals surface area contributed by atoms with Crippen molar-refractivity contribution in [2.45, 2.75) is 24.7 Å². The lowest BCUT2D eigenvalue weighted by Gasteiger charge is -2.40. The van der Waals surface area contributed by atoms with E-state index in [2.05, 4.69) is 0 Å². The average Bonchev–Trinajstić information content (AvgIpc) is 2.23. The molecule has 1 saturated carbocycles. The molecule has 0 aliphatic heterocycles. The van der Waals surface area contributed by atoms with Gasteiger partial charge in [-0.1, -0.05) is 23.2 Å². The molecule has 2 rings (SSSR count). The summed E-state index contributed by atoms with van der Waals surface area (Å²) in [4.78, 5) is 0. The van der Waals surface area contributed by atoms with E-state index in [0.29, 0.717) is 15.8 Å².